The van der Waals surface area contributed by atoms with Gasteiger partial charge in [-0.2, -0.15) is 0 Å². The molecule has 1 aliphatic rings. The molecule has 0 aliphatic carbocycles. The number of hydrogen-bond donors (Lipinski definition) is 1. The van der Waals surface area contributed by atoms with Gasteiger partial charge in [-0.15, -0.1) is 0 Å². The lowest BCUT2D eigenvalue weighted by atomic mass is 10.2. The highest BCUT2D eigenvalue weighted by atomic mass is 16.2. The van der Waals surface area contributed by atoms with Gasteiger partial charge in [0.1, 0.15) is 0 Å². The van der Waals surface area contributed by atoms with Crippen LogP contribution in [0, 0.1) is 0 Å². The molecule has 0 aromatic carbocycles. The van der Waals surface area contributed by atoms with Gasteiger partial charge in [0.05, 0.1) is 5.69 Å². The largest absolute Gasteiger partial charge is 0.397 e. The fourth-order valence-electron chi connectivity index (χ4n) is 2.71. The molecule has 1 unspecified atom stereocenters. The van der Waals surface area contributed by atoms with Crippen LogP contribution in [0.2, 0.25) is 0 Å². The van der Waals surface area contributed by atoms with Crippen molar-refractivity contribution >= 4 is 11.6 Å². The van der Waals surface area contributed by atoms with Gasteiger partial charge in [0.25, 0.3) is 5.91 Å². The van der Waals surface area contributed by atoms with E-state index in [1.54, 1.807) is 18.3 Å². The van der Waals surface area contributed by atoms with Crippen LogP contribution in [0.3, 0.4) is 0 Å². The zero-order valence-electron chi connectivity index (χ0n) is 11.7. The summed E-state index contributed by atoms with van der Waals surface area (Å²) in [5.74, 6) is -0.0484. The van der Waals surface area contributed by atoms with Crippen LogP contribution in [0.15, 0.2) is 18.3 Å². The summed E-state index contributed by atoms with van der Waals surface area (Å²) < 4.78 is 0. The van der Waals surface area contributed by atoms with Crippen LogP contribution in [-0.2, 0) is 0 Å². The minimum atomic E-state index is -0.0484. The molecule has 1 amide bonds. The monoisotopic (exact) mass is 262 g/mol. The van der Waals surface area contributed by atoms with E-state index in [9.17, 15) is 4.79 Å². The second kappa shape index (κ2) is 6.02. The Labute approximate surface area is 114 Å². The number of likely N-dealkylation sites (N-methyl/N-ethyl adjacent to an activating group) is 1. The predicted octanol–water partition coefficient (Wildman–Crippen LogP) is 1.22. The van der Waals surface area contributed by atoms with Crippen LogP contribution in [0.5, 0.6) is 0 Å². The van der Waals surface area contributed by atoms with E-state index >= 15 is 0 Å². The van der Waals surface area contributed by atoms with Crippen molar-refractivity contribution in [2.75, 3.05) is 31.9 Å². The number of aromatic nitrogens is 1. The van der Waals surface area contributed by atoms with Crippen molar-refractivity contribution in [2.45, 2.75) is 26.3 Å². The SMILES string of the molecule is CCN(CC)C1CCN(C(=O)c2ncccc2N)C1. The Kier molecular flexibility index (Phi) is 4.37. The molecular weight excluding hydrogens is 240 g/mol. The van der Waals surface area contributed by atoms with Gasteiger partial charge in [-0.1, -0.05) is 13.8 Å². The van der Waals surface area contributed by atoms with Gasteiger partial charge in [0.2, 0.25) is 0 Å². The maximum Gasteiger partial charge on any atom is 0.274 e. The fraction of sp³-hybridized carbons (Fsp3) is 0.571. The Morgan fingerprint density at radius 2 is 2.26 bits per heavy atom. The number of likely N-dealkylation sites (tertiary alicyclic amines) is 1. The Balaban J connectivity index is 2.05. The first-order valence-electron chi connectivity index (χ1n) is 6.91. The van der Waals surface area contributed by atoms with E-state index in [2.05, 4.69) is 23.7 Å². The molecule has 2 heterocycles. The molecule has 1 aromatic heterocycles. The summed E-state index contributed by atoms with van der Waals surface area (Å²) >= 11 is 0. The lowest BCUT2D eigenvalue weighted by Gasteiger charge is -2.26. The third-order valence-electron chi connectivity index (χ3n) is 3.82. The summed E-state index contributed by atoms with van der Waals surface area (Å²) in [6, 6.07) is 3.93. The van der Waals surface area contributed by atoms with Crippen molar-refractivity contribution in [3.8, 4) is 0 Å². The molecule has 2 N–H and O–H groups in total. The first-order chi connectivity index (χ1) is 9.17. The molecule has 1 fully saturated rings. The molecule has 1 atom stereocenters. The van der Waals surface area contributed by atoms with Gasteiger partial charge >= 0.3 is 0 Å². The molecule has 0 radical (unpaired) electrons. The van der Waals surface area contributed by atoms with Crippen molar-refractivity contribution in [2.24, 2.45) is 0 Å². The summed E-state index contributed by atoms with van der Waals surface area (Å²) in [6.45, 7) is 7.92. The van der Waals surface area contributed by atoms with E-state index in [-0.39, 0.29) is 5.91 Å². The molecule has 1 aromatic rings. The Morgan fingerprint density at radius 3 is 2.89 bits per heavy atom. The molecular formula is C14H22N4O. The predicted molar refractivity (Wildman–Crippen MR) is 75.9 cm³/mol. The fourth-order valence-corrected chi connectivity index (χ4v) is 2.71. The maximum absolute atomic E-state index is 12.4. The second-order valence-electron chi connectivity index (χ2n) is 4.86. The summed E-state index contributed by atoms with van der Waals surface area (Å²) in [6.07, 6.45) is 2.64. The molecule has 0 spiro atoms. The zero-order chi connectivity index (χ0) is 13.8. The Hall–Kier alpha value is -1.62. The number of anilines is 1. The quantitative estimate of drug-likeness (QED) is 0.886. The van der Waals surface area contributed by atoms with Gasteiger partial charge < -0.3 is 10.6 Å². The van der Waals surface area contributed by atoms with E-state index in [4.69, 9.17) is 5.73 Å². The number of nitrogens with two attached hydrogens (primary N) is 1. The van der Waals surface area contributed by atoms with Gasteiger partial charge in [0.15, 0.2) is 5.69 Å². The van der Waals surface area contributed by atoms with Crippen LogP contribution in [0.1, 0.15) is 30.8 Å². The molecule has 1 saturated heterocycles. The number of nitrogen functional groups attached to an aromatic ring is 1. The third-order valence-corrected chi connectivity index (χ3v) is 3.82. The van der Waals surface area contributed by atoms with E-state index in [0.29, 0.717) is 17.4 Å². The van der Waals surface area contributed by atoms with E-state index in [1.807, 2.05) is 4.90 Å². The molecule has 2 rings (SSSR count). The van der Waals surface area contributed by atoms with Gasteiger partial charge in [-0.3, -0.25) is 9.69 Å². The minimum absolute atomic E-state index is 0.0484. The second-order valence-corrected chi connectivity index (χ2v) is 4.86. The number of pyridine rings is 1. The molecule has 19 heavy (non-hydrogen) atoms. The molecule has 0 saturated carbocycles. The first-order valence-corrected chi connectivity index (χ1v) is 6.91. The number of hydrogen-bond acceptors (Lipinski definition) is 4. The van der Waals surface area contributed by atoms with Crippen LogP contribution >= 0.6 is 0 Å². The highest BCUT2D eigenvalue weighted by Gasteiger charge is 2.30. The number of carbonyl (C=O) groups is 1. The molecule has 104 valence electrons. The van der Waals surface area contributed by atoms with Gasteiger partial charge in [0, 0.05) is 25.3 Å². The third kappa shape index (κ3) is 2.87. The minimum Gasteiger partial charge on any atom is -0.397 e. The number of amides is 1. The Morgan fingerprint density at radius 1 is 1.53 bits per heavy atom. The highest BCUT2D eigenvalue weighted by molar-refractivity contribution is 5.97. The molecule has 1 aliphatic heterocycles. The lowest BCUT2D eigenvalue weighted by molar-refractivity contribution is 0.0773. The average Bonchev–Trinajstić information content (AvgIpc) is 2.90. The summed E-state index contributed by atoms with van der Waals surface area (Å²) in [5, 5.41) is 0. The Bertz CT molecular complexity index is 445. The zero-order valence-corrected chi connectivity index (χ0v) is 11.7. The molecule has 5 nitrogen and oxygen atoms in total. The maximum atomic E-state index is 12.4. The van der Waals surface area contributed by atoms with Crippen molar-refractivity contribution < 1.29 is 4.79 Å². The van der Waals surface area contributed by atoms with Crippen molar-refractivity contribution in [1.82, 2.24) is 14.8 Å². The number of nitrogens with zero attached hydrogens (tertiary/aromatic N) is 3. The number of carbonyl (C=O) groups excluding carboxylic acids is 1. The average molecular weight is 262 g/mol. The van der Waals surface area contributed by atoms with Crippen molar-refractivity contribution in [1.29, 1.82) is 0 Å². The summed E-state index contributed by atoms with van der Waals surface area (Å²) in [7, 11) is 0. The molecule has 5 heteroatoms. The van der Waals surface area contributed by atoms with E-state index in [0.717, 1.165) is 32.6 Å². The smallest absolute Gasteiger partial charge is 0.274 e. The molecule has 0 bridgehead atoms. The highest BCUT2D eigenvalue weighted by Crippen LogP contribution is 2.19. The van der Waals surface area contributed by atoms with Crippen LogP contribution in [-0.4, -0.2) is 52.9 Å². The van der Waals surface area contributed by atoms with Crippen LogP contribution in [0.4, 0.5) is 5.69 Å². The van der Waals surface area contributed by atoms with Gasteiger partial charge in [-0.05, 0) is 31.6 Å². The van der Waals surface area contributed by atoms with Gasteiger partial charge in [-0.25, -0.2) is 4.98 Å². The summed E-state index contributed by atoms with van der Waals surface area (Å²) in [5.41, 5.74) is 6.65. The standard InChI is InChI=1S/C14H22N4O/c1-3-17(4-2)11-7-9-18(10-11)14(19)13-12(15)6-5-8-16-13/h5-6,8,11H,3-4,7,9-10,15H2,1-2H3. The van der Waals surface area contributed by atoms with Crippen molar-refractivity contribution in [3.05, 3.63) is 24.0 Å². The lowest BCUT2D eigenvalue weighted by Crippen LogP contribution is -2.38. The first kappa shape index (κ1) is 13.8. The number of rotatable bonds is 4. The van der Waals surface area contributed by atoms with Crippen LogP contribution in [0.25, 0.3) is 0 Å². The van der Waals surface area contributed by atoms with E-state index < -0.39 is 0 Å². The van der Waals surface area contributed by atoms with Crippen molar-refractivity contribution in [3.63, 3.8) is 0 Å². The normalized spacial score (nSPS) is 19.1. The summed E-state index contributed by atoms with van der Waals surface area (Å²) in [4.78, 5) is 20.7. The van der Waals surface area contributed by atoms with Crippen LogP contribution < -0.4 is 5.73 Å². The van der Waals surface area contributed by atoms with E-state index in [1.165, 1.54) is 0 Å². The topological polar surface area (TPSA) is 62.5 Å².